The number of aromatic nitrogens is 1. The zero-order chi connectivity index (χ0) is 19.3. The molecule has 2 fully saturated rings. The van der Waals surface area contributed by atoms with Gasteiger partial charge < -0.3 is 15.4 Å². The van der Waals surface area contributed by atoms with Crippen LogP contribution in [0.4, 0.5) is 5.69 Å². The second-order valence-electron chi connectivity index (χ2n) is 7.76. The average Bonchev–Trinajstić information content (AvgIpc) is 2.74. The average molecular weight is 380 g/mol. The molecule has 0 bridgehead atoms. The summed E-state index contributed by atoms with van der Waals surface area (Å²) in [6.07, 6.45) is 5.66. The first kappa shape index (κ1) is 18.9. The molecule has 148 valence electrons. The molecule has 1 amide bonds. The molecule has 1 aromatic heterocycles. The van der Waals surface area contributed by atoms with E-state index in [2.05, 4.69) is 9.88 Å². The molecule has 1 atom stereocenters. The zero-order valence-corrected chi connectivity index (χ0v) is 16.2. The number of morpholine rings is 1. The van der Waals surface area contributed by atoms with Gasteiger partial charge >= 0.3 is 0 Å². The minimum atomic E-state index is 0.116. The second-order valence-corrected chi connectivity index (χ2v) is 7.76. The van der Waals surface area contributed by atoms with Crippen LogP contribution in [0.2, 0.25) is 0 Å². The number of amides is 1. The highest BCUT2D eigenvalue weighted by atomic mass is 16.5. The minimum absolute atomic E-state index is 0.116. The van der Waals surface area contributed by atoms with E-state index < -0.39 is 0 Å². The summed E-state index contributed by atoms with van der Waals surface area (Å²) in [6, 6.07) is 9.66. The Hall–Kier alpha value is -2.44. The maximum absolute atomic E-state index is 13.1. The lowest BCUT2D eigenvalue weighted by atomic mass is 9.96. The summed E-state index contributed by atoms with van der Waals surface area (Å²) < 4.78 is 5.44. The number of anilines is 1. The fourth-order valence-electron chi connectivity index (χ4n) is 4.18. The molecule has 1 unspecified atom stereocenters. The third-order valence-electron chi connectivity index (χ3n) is 5.63. The molecule has 0 saturated carbocycles. The van der Waals surface area contributed by atoms with Crippen molar-refractivity contribution in [1.29, 1.82) is 0 Å². The van der Waals surface area contributed by atoms with Crippen molar-refractivity contribution in [2.24, 2.45) is 5.92 Å². The van der Waals surface area contributed by atoms with E-state index in [1.54, 1.807) is 12.4 Å². The van der Waals surface area contributed by atoms with E-state index in [1.165, 1.54) is 6.42 Å². The van der Waals surface area contributed by atoms with E-state index in [1.807, 2.05) is 35.2 Å². The Labute approximate surface area is 166 Å². The smallest absolute Gasteiger partial charge is 0.253 e. The van der Waals surface area contributed by atoms with Crippen molar-refractivity contribution in [3.63, 3.8) is 0 Å². The highest BCUT2D eigenvalue weighted by Gasteiger charge is 2.26. The number of nitrogens with zero attached hydrogens (tertiary/aromatic N) is 3. The Bertz CT molecular complexity index is 820. The van der Waals surface area contributed by atoms with E-state index in [0.29, 0.717) is 11.6 Å². The number of likely N-dealkylation sites (tertiary alicyclic amines) is 1. The van der Waals surface area contributed by atoms with Gasteiger partial charge in [0.2, 0.25) is 0 Å². The summed E-state index contributed by atoms with van der Waals surface area (Å²) >= 11 is 0. The molecule has 2 aromatic rings. The number of hydrogen-bond donors (Lipinski definition) is 1. The van der Waals surface area contributed by atoms with Gasteiger partial charge in [0, 0.05) is 56.2 Å². The van der Waals surface area contributed by atoms with Gasteiger partial charge in [0.05, 0.1) is 18.9 Å². The molecule has 1 aromatic carbocycles. The number of ether oxygens (including phenoxy) is 1. The van der Waals surface area contributed by atoms with Crippen molar-refractivity contribution in [3.05, 3.63) is 48.3 Å². The molecule has 0 aliphatic carbocycles. The number of nitrogens with two attached hydrogens (primary N) is 1. The fraction of sp³-hybridized carbons (Fsp3) is 0.455. The Balaban J connectivity index is 1.44. The molecule has 2 N–H and O–H groups in total. The van der Waals surface area contributed by atoms with Gasteiger partial charge in [-0.1, -0.05) is 12.1 Å². The Morgan fingerprint density at radius 3 is 2.82 bits per heavy atom. The normalized spacial score (nSPS) is 20.9. The van der Waals surface area contributed by atoms with E-state index in [-0.39, 0.29) is 5.91 Å². The predicted octanol–water partition coefficient (Wildman–Crippen LogP) is 2.52. The van der Waals surface area contributed by atoms with Crippen LogP contribution >= 0.6 is 0 Å². The van der Waals surface area contributed by atoms with Gasteiger partial charge in [0.25, 0.3) is 5.91 Å². The lowest BCUT2D eigenvalue weighted by Gasteiger charge is -2.36. The van der Waals surface area contributed by atoms with E-state index >= 15 is 0 Å². The molecule has 0 spiro atoms. The van der Waals surface area contributed by atoms with Crippen LogP contribution in [-0.2, 0) is 4.74 Å². The van der Waals surface area contributed by atoms with Crippen LogP contribution in [0.5, 0.6) is 0 Å². The zero-order valence-electron chi connectivity index (χ0n) is 16.2. The molecule has 28 heavy (non-hydrogen) atoms. The number of benzene rings is 1. The van der Waals surface area contributed by atoms with Gasteiger partial charge in [-0.25, -0.2) is 0 Å². The van der Waals surface area contributed by atoms with Crippen molar-refractivity contribution in [1.82, 2.24) is 14.8 Å². The monoisotopic (exact) mass is 380 g/mol. The van der Waals surface area contributed by atoms with Gasteiger partial charge in [-0.15, -0.1) is 0 Å². The number of carbonyl (C=O) groups excluding carboxylic acids is 1. The quantitative estimate of drug-likeness (QED) is 0.882. The molecular formula is C22H28N4O2. The third kappa shape index (κ3) is 4.51. The highest BCUT2D eigenvalue weighted by molar-refractivity contribution is 5.95. The fourth-order valence-corrected chi connectivity index (χ4v) is 4.18. The summed E-state index contributed by atoms with van der Waals surface area (Å²) in [5.41, 5.74) is 9.10. The second kappa shape index (κ2) is 8.71. The van der Waals surface area contributed by atoms with E-state index in [9.17, 15) is 4.79 Å². The number of nitrogen functional groups attached to an aromatic ring is 1. The van der Waals surface area contributed by atoms with Crippen molar-refractivity contribution < 1.29 is 9.53 Å². The SMILES string of the molecule is Nc1cncc(-c2cccc(C(=O)N3CCCC(CN4CCOCC4)C3)c2)c1. The first-order valence-corrected chi connectivity index (χ1v) is 10.1. The van der Waals surface area contributed by atoms with Crippen LogP contribution in [0.25, 0.3) is 11.1 Å². The molecule has 2 aliphatic heterocycles. The van der Waals surface area contributed by atoms with E-state index in [0.717, 1.165) is 69.0 Å². The number of piperidine rings is 1. The molecule has 6 heteroatoms. The minimum Gasteiger partial charge on any atom is -0.397 e. The van der Waals surface area contributed by atoms with Crippen LogP contribution in [0.1, 0.15) is 23.2 Å². The van der Waals surface area contributed by atoms with E-state index in [4.69, 9.17) is 10.5 Å². The molecule has 2 saturated heterocycles. The van der Waals surface area contributed by atoms with Crippen LogP contribution in [-0.4, -0.2) is 66.6 Å². The van der Waals surface area contributed by atoms with Crippen molar-refractivity contribution in [2.75, 3.05) is 51.7 Å². The summed E-state index contributed by atoms with van der Waals surface area (Å²) in [5.74, 6) is 0.655. The van der Waals surface area contributed by atoms with Crippen molar-refractivity contribution in [3.8, 4) is 11.1 Å². The first-order chi connectivity index (χ1) is 13.7. The maximum atomic E-state index is 13.1. The molecule has 0 radical (unpaired) electrons. The van der Waals surface area contributed by atoms with Gasteiger partial charge in [-0.3, -0.25) is 14.7 Å². The number of pyridine rings is 1. The standard InChI is InChI=1S/C22H28N4O2/c23-21-12-20(13-24-14-21)18-4-1-5-19(11-18)22(27)26-6-2-3-17(16-26)15-25-7-9-28-10-8-25/h1,4-5,11-14,17H,2-3,6-10,15-16,23H2. The molecule has 3 heterocycles. The maximum Gasteiger partial charge on any atom is 0.253 e. The van der Waals surface area contributed by atoms with Crippen LogP contribution in [0.15, 0.2) is 42.7 Å². The third-order valence-corrected chi connectivity index (χ3v) is 5.63. The summed E-state index contributed by atoms with van der Waals surface area (Å²) in [7, 11) is 0. The summed E-state index contributed by atoms with van der Waals surface area (Å²) in [6.45, 7) is 6.37. The highest BCUT2D eigenvalue weighted by Crippen LogP contribution is 2.24. The summed E-state index contributed by atoms with van der Waals surface area (Å²) in [5, 5.41) is 0. The molecule has 2 aliphatic rings. The van der Waals surface area contributed by atoms with Gasteiger partial charge in [0.1, 0.15) is 0 Å². The topological polar surface area (TPSA) is 71.7 Å². The predicted molar refractivity (Wildman–Crippen MR) is 110 cm³/mol. The van der Waals surface area contributed by atoms with Crippen molar-refractivity contribution in [2.45, 2.75) is 12.8 Å². The van der Waals surface area contributed by atoms with Gasteiger partial charge in [-0.05, 0) is 42.5 Å². The Kier molecular flexibility index (Phi) is 5.88. The lowest BCUT2D eigenvalue weighted by Crippen LogP contribution is -2.46. The number of carbonyl (C=O) groups is 1. The molecule has 4 rings (SSSR count). The van der Waals surface area contributed by atoms with Gasteiger partial charge in [-0.2, -0.15) is 0 Å². The van der Waals surface area contributed by atoms with Crippen LogP contribution in [0.3, 0.4) is 0 Å². The van der Waals surface area contributed by atoms with Crippen LogP contribution < -0.4 is 5.73 Å². The largest absolute Gasteiger partial charge is 0.397 e. The number of rotatable bonds is 4. The summed E-state index contributed by atoms with van der Waals surface area (Å²) in [4.78, 5) is 21.8. The lowest BCUT2D eigenvalue weighted by molar-refractivity contribution is 0.0224. The molecule has 6 nitrogen and oxygen atoms in total. The molecular weight excluding hydrogens is 352 g/mol. The first-order valence-electron chi connectivity index (χ1n) is 10.1. The Morgan fingerprint density at radius 1 is 1.14 bits per heavy atom. The van der Waals surface area contributed by atoms with Crippen LogP contribution in [0, 0.1) is 5.92 Å². The van der Waals surface area contributed by atoms with Crippen molar-refractivity contribution >= 4 is 11.6 Å². The number of hydrogen-bond acceptors (Lipinski definition) is 5. The van der Waals surface area contributed by atoms with Gasteiger partial charge in [0.15, 0.2) is 0 Å². The Morgan fingerprint density at radius 2 is 2.00 bits per heavy atom.